The lowest BCUT2D eigenvalue weighted by Gasteiger charge is -2.09. The molecule has 2 rings (SSSR count). The number of carboxylic acids is 1. The average Bonchev–Trinajstić information content (AvgIpc) is 2.41. The van der Waals surface area contributed by atoms with Crippen molar-refractivity contribution in [1.29, 1.82) is 0 Å². The molecule has 0 radical (unpaired) electrons. The molecular formula is C14H10Cl2O3. The van der Waals surface area contributed by atoms with E-state index in [9.17, 15) is 4.79 Å². The highest BCUT2D eigenvalue weighted by Crippen LogP contribution is 2.35. The molecule has 98 valence electrons. The first-order valence-electron chi connectivity index (χ1n) is 5.39. The van der Waals surface area contributed by atoms with Gasteiger partial charge in [0.15, 0.2) is 0 Å². The molecule has 0 atom stereocenters. The number of rotatable bonds is 3. The van der Waals surface area contributed by atoms with Gasteiger partial charge in [0.05, 0.1) is 22.7 Å². The molecule has 0 aliphatic carbocycles. The number of aromatic carboxylic acids is 1. The predicted octanol–water partition coefficient (Wildman–Crippen LogP) is 4.37. The van der Waals surface area contributed by atoms with Crippen molar-refractivity contribution in [2.75, 3.05) is 7.11 Å². The Morgan fingerprint density at radius 2 is 1.95 bits per heavy atom. The number of hydrogen-bond acceptors (Lipinski definition) is 2. The molecule has 0 heterocycles. The van der Waals surface area contributed by atoms with E-state index in [1.54, 1.807) is 24.3 Å². The van der Waals surface area contributed by atoms with E-state index in [1.165, 1.54) is 19.2 Å². The standard InChI is InChI=1S/C14H10Cl2O3/c1-19-10-6-8(5-9(7-10)14(17)18)11-3-2-4-12(15)13(11)16/h2-7H,1H3,(H,17,18). The second kappa shape index (κ2) is 5.51. The van der Waals surface area contributed by atoms with Crippen molar-refractivity contribution in [3.8, 4) is 16.9 Å². The van der Waals surface area contributed by atoms with E-state index in [4.69, 9.17) is 33.0 Å². The van der Waals surface area contributed by atoms with Crippen LogP contribution in [-0.2, 0) is 0 Å². The molecule has 2 aromatic rings. The van der Waals surface area contributed by atoms with Gasteiger partial charge in [0.25, 0.3) is 0 Å². The van der Waals surface area contributed by atoms with Gasteiger partial charge < -0.3 is 9.84 Å². The first kappa shape index (κ1) is 13.7. The van der Waals surface area contributed by atoms with Crippen molar-refractivity contribution < 1.29 is 14.6 Å². The van der Waals surface area contributed by atoms with Crippen LogP contribution in [0.5, 0.6) is 5.75 Å². The third-order valence-corrected chi connectivity index (χ3v) is 3.47. The third-order valence-electron chi connectivity index (χ3n) is 2.65. The molecule has 19 heavy (non-hydrogen) atoms. The summed E-state index contributed by atoms with van der Waals surface area (Å²) in [4.78, 5) is 11.1. The van der Waals surface area contributed by atoms with Crippen LogP contribution in [0.15, 0.2) is 36.4 Å². The van der Waals surface area contributed by atoms with Crippen molar-refractivity contribution in [2.24, 2.45) is 0 Å². The fourth-order valence-corrected chi connectivity index (χ4v) is 2.13. The molecule has 0 spiro atoms. The smallest absolute Gasteiger partial charge is 0.335 e. The zero-order valence-corrected chi connectivity index (χ0v) is 11.5. The molecule has 0 aromatic heterocycles. The van der Waals surface area contributed by atoms with Crippen LogP contribution < -0.4 is 4.74 Å². The Kier molecular flexibility index (Phi) is 3.98. The van der Waals surface area contributed by atoms with Crippen LogP contribution in [-0.4, -0.2) is 18.2 Å². The van der Waals surface area contributed by atoms with Gasteiger partial charge in [-0.05, 0) is 29.8 Å². The van der Waals surface area contributed by atoms with Gasteiger partial charge >= 0.3 is 5.97 Å². The van der Waals surface area contributed by atoms with E-state index in [0.29, 0.717) is 26.9 Å². The number of halogens is 2. The summed E-state index contributed by atoms with van der Waals surface area (Å²) in [6, 6.07) is 9.89. The molecule has 1 N–H and O–H groups in total. The highest BCUT2D eigenvalue weighted by atomic mass is 35.5. The molecule has 3 nitrogen and oxygen atoms in total. The normalized spacial score (nSPS) is 10.3. The maximum absolute atomic E-state index is 11.1. The van der Waals surface area contributed by atoms with Gasteiger partial charge in [-0.2, -0.15) is 0 Å². The highest BCUT2D eigenvalue weighted by molar-refractivity contribution is 6.43. The monoisotopic (exact) mass is 296 g/mol. The maximum atomic E-state index is 11.1. The van der Waals surface area contributed by atoms with Crippen LogP contribution in [0.3, 0.4) is 0 Å². The van der Waals surface area contributed by atoms with E-state index in [-0.39, 0.29) is 5.56 Å². The summed E-state index contributed by atoms with van der Waals surface area (Å²) in [5.41, 5.74) is 1.44. The van der Waals surface area contributed by atoms with Crippen LogP contribution in [0.1, 0.15) is 10.4 Å². The molecule has 2 aromatic carbocycles. The fourth-order valence-electron chi connectivity index (χ4n) is 1.72. The minimum atomic E-state index is -1.03. The van der Waals surface area contributed by atoms with E-state index in [2.05, 4.69) is 0 Å². The fraction of sp³-hybridized carbons (Fsp3) is 0.0714. The summed E-state index contributed by atoms with van der Waals surface area (Å²) >= 11 is 12.1. The van der Waals surface area contributed by atoms with E-state index >= 15 is 0 Å². The highest BCUT2D eigenvalue weighted by Gasteiger charge is 2.12. The Labute approximate surface area is 120 Å². The average molecular weight is 297 g/mol. The second-order valence-corrected chi connectivity index (χ2v) is 4.64. The zero-order valence-electron chi connectivity index (χ0n) is 9.98. The summed E-state index contributed by atoms with van der Waals surface area (Å²) in [7, 11) is 1.48. The SMILES string of the molecule is COc1cc(C(=O)O)cc(-c2cccc(Cl)c2Cl)c1. The summed E-state index contributed by atoms with van der Waals surface area (Å²) in [5.74, 6) is -0.579. The number of methoxy groups -OCH3 is 1. The first-order chi connectivity index (χ1) is 9.02. The van der Waals surface area contributed by atoms with Gasteiger partial charge in [-0.3, -0.25) is 0 Å². The maximum Gasteiger partial charge on any atom is 0.335 e. The summed E-state index contributed by atoms with van der Waals surface area (Å²) in [6.45, 7) is 0. The molecule has 0 saturated heterocycles. The Morgan fingerprint density at radius 3 is 2.58 bits per heavy atom. The molecule has 0 unspecified atom stereocenters. The van der Waals surface area contributed by atoms with E-state index < -0.39 is 5.97 Å². The second-order valence-electron chi connectivity index (χ2n) is 3.86. The Morgan fingerprint density at radius 1 is 1.21 bits per heavy atom. The molecule has 0 aliphatic heterocycles. The summed E-state index contributed by atoms with van der Waals surface area (Å²) in [5, 5.41) is 9.88. The molecule has 0 bridgehead atoms. The van der Waals surface area contributed by atoms with Crippen molar-refractivity contribution in [3.05, 3.63) is 52.0 Å². The van der Waals surface area contributed by atoms with Gasteiger partial charge in [-0.15, -0.1) is 0 Å². The summed E-state index contributed by atoms with van der Waals surface area (Å²) in [6.07, 6.45) is 0. The third kappa shape index (κ3) is 2.83. The lowest BCUT2D eigenvalue weighted by atomic mass is 10.0. The Hall–Kier alpha value is -1.71. The van der Waals surface area contributed by atoms with E-state index in [0.717, 1.165) is 0 Å². The van der Waals surface area contributed by atoms with Crippen molar-refractivity contribution >= 4 is 29.2 Å². The van der Waals surface area contributed by atoms with Crippen LogP contribution in [0.4, 0.5) is 0 Å². The van der Waals surface area contributed by atoms with Crippen LogP contribution >= 0.6 is 23.2 Å². The lowest BCUT2D eigenvalue weighted by molar-refractivity contribution is 0.0696. The summed E-state index contributed by atoms with van der Waals surface area (Å²) < 4.78 is 5.10. The van der Waals surface area contributed by atoms with Crippen LogP contribution in [0, 0.1) is 0 Å². The first-order valence-corrected chi connectivity index (χ1v) is 6.15. The van der Waals surface area contributed by atoms with Gasteiger partial charge in [-0.1, -0.05) is 35.3 Å². The number of carboxylic acid groups (broad SMARTS) is 1. The molecule has 0 amide bonds. The van der Waals surface area contributed by atoms with Gasteiger partial charge in [0, 0.05) is 5.56 Å². The number of carbonyl (C=O) groups is 1. The van der Waals surface area contributed by atoms with Crippen molar-refractivity contribution in [2.45, 2.75) is 0 Å². The minimum Gasteiger partial charge on any atom is -0.497 e. The predicted molar refractivity (Wildman–Crippen MR) is 75.4 cm³/mol. The zero-order chi connectivity index (χ0) is 14.0. The number of ether oxygens (including phenoxy) is 1. The van der Waals surface area contributed by atoms with Crippen LogP contribution in [0.25, 0.3) is 11.1 Å². The largest absolute Gasteiger partial charge is 0.497 e. The Balaban J connectivity index is 2.64. The topological polar surface area (TPSA) is 46.5 Å². The van der Waals surface area contributed by atoms with Crippen molar-refractivity contribution in [3.63, 3.8) is 0 Å². The van der Waals surface area contributed by atoms with Crippen molar-refractivity contribution in [1.82, 2.24) is 0 Å². The quantitative estimate of drug-likeness (QED) is 0.915. The number of benzene rings is 2. The molecule has 5 heteroatoms. The van der Waals surface area contributed by atoms with Gasteiger partial charge in [0.2, 0.25) is 0 Å². The minimum absolute atomic E-state index is 0.130. The lowest BCUT2D eigenvalue weighted by Crippen LogP contribution is -1.98. The van der Waals surface area contributed by atoms with Gasteiger partial charge in [-0.25, -0.2) is 4.79 Å². The van der Waals surface area contributed by atoms with E-state index in [1.807, 2.05) is 0 Å². The molecule has 0 saturated carbocycles. The molecule has 0 fully saturated rings. The molecular weight excluding hydrogens is 287 g/mol. The molecule has 0 aliphatic rings. The number of hydrogen-bond donors (Lipinski definition) is 1. The van der Waals surface area contributed by atoms with Crippen LogP contribution in [0.2, 0.25) is 10.0 Å². The van der Waals surface area contributed by atoms with Gasteiger partial charge in [0.1, 0.15) is 5.75 Å². The Bertz CT molecular complexity index is 639.